The van der Waals surface area contributed by atoms with Crippen molar-refractivity contribution in [3.8, 4) is 17.2 Å². The zero-order valence-electron chi connectivity index (χ0n) is 68.2. The Balaban J connectivity index is 0.000000158. The van der Waals surface area contributed by atoms with Crippen molar-refractivity contribution in [3.63, 3.8) is 0 Å². The molecular weight excluding hydrogens is 1550 g/mol. The second-order valence-electron chi connectivity index (χ2n) is 31.7. The summed E-state index contributed by atoms with van der Waals surface area (Å²) in [5.41, 5.74) is 6.84. The molecule has 3 aromatic heterocycles. The number of nitrogens with zero attached hydrogens (tertiary/aromatic N) is 5. The zero-order chi connectivity index (χ0) is 84.5. The number of amides is 2. The van der Waals surface area contributed by atoms with E-state index in [0.29, 0.717) is 51.9 Å². The smallest absolute Gasteiger partial charge is 0.358 e. The summed E-state index contributed by atoms with van der Waals surface area (Å²) in [6, 6.07) is 45.3. The Kier molecular flexibility index (Phi) is 29.7. The molecule has 7 heterocycles. The van der Waals surface area contributed by atoms with Crippen molar-refractivity contribution >= 4 is 41.4 Å². The number of pyridine rings is 3. The fourth-order valence-corrected chi connectivity index (χ4v) is 16.7. The Bertz CT molecular complexity index is 5110. The van der Waals surface area contributed by atoms with Crippen LogP contribution in [0.1, 0.15) is 211 Å². The van der Waals surface area contributed by atoms with Crippen LogP contribution >= 0.6 is 0 Å². The molecule has 2 spiro atoms. The van der Waals surface area contributed by atoms with Crippen molar-refractivity contribution in [2.45, 2.75) is 204 Å². The van der Waals surface area contributed by atoms with Gasteiger partial charge in [0.2, 0.25) is 16.3 Å². The maximum Gasteiger partial charge on any atom is 0.358 e. The minimum Gasteiger partial charge on any atom is -0.483 e. The van der Waals surface area contributed by atoms with Gasteiger partial charge in [-0.3, -0.25) is 38.4 Å². The highest BCUT2D eigenvalue weighted by Gasteiger charge is 2.53. The van der Waals surface area contributed by atoms with Crippen LogP contribution < -0.4 is 36.2 Å². The molecular formula is C95H102F3N6O17-. The summed E-state index contributed by atoms with van der Waals surface area (Å²) in [7, 11) is 1.14. The third-order valence-electron chi connectivity index (χ3n) is 23.3. The van der Waals surface area contributed by atoms with Crippen LogP contribution in [0.3, 0.4) is 0 Å². The third-order valence-corrected chi connectivity index (χ3v) is 23.3. The average Bonchev–Trinajstić information content (AvgIpc) is 1.65. The molecule has 0 radical (unpaired) electrons. The fraction of sp³-hybridized carbons (Fsp3) is 0.379. The molecule has 23 nitrogen and oxygen atoms in total. The van der Waals surface area contributed by atoms with Gasteiger partial charge in [0.25, 0.3) is 11.8 Å². The Morgan fingerprint density at radius 2 is 0.793 bits per heavy atom. The molecule has 9 aromatic rings. The highest BCUT2D eigenvalue weighted by molar-refractivity contribution is 6.02. The van der Waals surface area contributed by atoms with Crippen molar-refractivity contribution in [2.75, 3.05) is 26.7 Å². The van der Waals surface area contributed by atoms with Crippen LogP contribution in [-0.4, -0.2) is 126 Å². The normalized spacial score (nSPS) is 17.4. The van der Waals surface area contributed by atoms with E-state index in [-0.39, 0.29) is 163 Å². The number of aromatic nitrogens is 3. The Labute approximate surface area is 700 Å². The first kappa shape index (κ1) is 88.6. The Hall–Kier alpha value is -11.7. The summed E-state index contributed by atoms with van der Waals surface area (Å²) in [5, 5.41) is 9.56. The van der Waals surface area contributed by atoms with Crippen LogP contribution in [0.4, 0.5) is 13.2 Å². The van der Waals surface area contributed by atoms with E-state index in [9.17, 15) is 66.2 Å². The fourth-order valence-electron chi connectivity index (χ4n) is 16.7. The van der Waals surface area contributed by atoms with Gasteiger partial charge in [0.1, 0.15) is 43.6 Å². The maximum absolute atomic E-state index is 13.8. The Morgan fingerprint density at radius 1 is 0.463 bits per heavy atom. The largest absolute Gasteiger partial charge is 0.483 e. The minimum absolute atomic E-state index is 0. The Morgan fingerprint density at radius 3 is 1.12 bits per heavy atom. The number of carbonyl (C=O) groups excluding carboxylic acids is 7. The molecule has 5 fully saturated rings. The van der Waals surface area contributed by atoms with Crippen LogP contribution in [-0.2, 0) is 77.7 Å². The van der Waals surface area contributed by atoms with E-state index in [1.807, 2.05) is 66.7 Å². The number of halogens is 3. The van der Waals surface area contributed by atoms with Gasteiger partial charge in [-0.15, -0.1) is 0 Å². The highest BCUT2D eigenvalue weighted by Crippen LogP contribution is 2.44. The van der Waals surface area contributed by atoms with E-state index >= 15 is 0 Å². The van der Waals surface area contributed by atoms with E-state index in [1.54, 1.807) is 79.6 Å². The molecule has 16 rings (SSSR count). The van der Waals surface area contributed by atoms with Crippen molar-refractivity contribution in [2.24, 2.45) is 5.73 Å². The van der Waals surface area contributed by atoms with Crippen molar-refractivity contribution in [1.29, 1.82) is 0 Å². The molecule has 3 saturated carbocycles. The number of benzene rings is 6. The van der Waals surface area contributed by atoms with Gasteiger partial charge < -0.3 is 75.0 Å². The lowest BCUT2D eigenvalue weighted by Crippen LogP contribution is -2.46. The van der Waals surface area contributed by atoms with Crippen LogP contribution in [0.2, 0.25) is 0 Å². The molecule has 2 atom stereocenters. The molecule has 0 bridgehead atoms. The number of aliphatic hydroxyl groups is 1. The summed E-state index contributed by atoms with van der Waals surface area (Å²) in [6.07, 6.45) is 20.5. The number of methoxy groups -OCH3 is 1. The van der Waals surface area contributed by atoms with Crippen LogP contribution in [0, 0.1) is 24.9 Å². The van der Waals surface area contributed by atoms with E-state index in [2.05, 4.69) is 0 Å². The summed E-state index contributed by atoms with van der Waals surface area (Å²) in [6.45, 7) is 1.95. The van der Waals surface area contributed by atoms with Gasteiger partial charge in [0.15, 0.2) is 64.1 Å². The molecule has 7 aliphatic rings. The van der Waals surface area contributed by atoms with E-state index in [1.165, 1.54) is 78.8 Å². The topological polar surface area (TPSA) is 294 Å². The highest BCUT2D eigenvalue weighted by atomic mass is 19.1. The lowest BCUT2D eigenvalue weighted by molar-refractivity contribution is -0.108. The number of esters is 1. The number of ether oxygens (including phenoxy) is 6. The number of aldehydes is 1. The van der Waals surface area contributed by atoms with Crippen molar-refractivity contribution < 1.29 is 80.3 Å². The van der Waals surface area contributed by atoms with E-state index < -0.39 is 46.1 Å². The lowest BCUT2D eigenvalue weighted by Gasteiger charge is -2.32. The van der Waals surface area contributed by atoms with Gasteiger partial charge in [0, 0.05) is 44.4 Å². The van der Waals surface area contributed by atoms with Crippen LogP contribution in [0.25, 0.3) is 0 Å². The molecule has 3 N–H and O–H groups in total. The first-order valence-electron chi connectivity index (χ1n) is 41.1. The van der Waals surface area contributed by atoms with Gasteiger partial charge in [-0.1, -0.05) is 185 Å². The number of hydrogen-bond donors (Lipinski definition) is 2. The van der Waals surface area contributed by atoms with Crippen LogP contribution in [0.15, 0.2) is 197 Å². The quantitative estimate of drug-likeness (QED) is 0.0232. The van der Waals surface area contributed by atoms with Gasteiger partial charge >= 0.3 is 5.97 Å². The average molecular weight is 1660 g/mol. The van der Waals surface area contributed by atoms with Gasteiger partial charge in [-0.25, -0.2) is 18.0 Å². The number of Topliss-reactive ketones (excluding diaryl/α,β-unsaturated/α-hetero) is 3. The van der Waals surface area contributed by atoms with E-state index in [0.717, 1.165) is 118 Å². The minimum atomic E-state index is -0.873. The third kappa shape index (κ3) is 21.5. The molecule has 3 aliphatic carbocycles. The summed E-state index contributed by atoms with van der Waals surface area (Å²) in [5.74, 6) is -4.32. The number of hydrogen-bond acceptors (Lipinski definition) is 18. The number of nitrogens with two attached hydrogens (primary N) is 1. The number of fused-ring (bicyclic) bond motifs is 4. The van der Waals surface area contributed by atoms with Gasteiger partial charge in [-0.2, -0.15) is 0 Å². The summed E-state index contributed by atoms with van der Waals surface area (Å²) < 4.78 is 79.7. The first-order valence-corrected chi connectivity index (χ1v) is 41.1. The molecule has 4 aliphatic heterocycles. The lowest BCUT2D eigenvalue weighted by atomic mass is 9.85. The second-order valence-corrected chi connectivity index (χ2v) is 31.7. The molecule has 2 unspecified atom stereocenters. The number of carbonyl (C=O) groups is 7. The van der Waals surface area contributed by atoms with E-state index in [4.69, 9.17) is 34.2 Å². The molecule has 121 heavy (non-hydrogen) atoms. The first-order chi connectivity index (χ1) is 58.1. The van der Waals surface area contributed by atoms with Crippen molar-refractivity contribution in [3.05, 3.63) is 305 Å². The van der Waals surface area contributed by atoms with Gasteiger partial charge in [-0.05, 0) is 128 Å². The molecule has 2 amide bonds. The number of ketones is 3. The predicted molar refractivity (Wildman–Crippen MR) is 446 cm³/mol. The predicted octanol–water partition coefficient (Wildman–Crippen LogP) is 14.3. The standard InChI is InChI=1S/2C31H31FN2O5.C25H22FNO6.C7H15NO.CH3/c2*32-23-12-9-21(10-13-23)11-14-25(35)24-17-33-18-26-34(20-31(39-26)15-5-2-6-16-31)30(37)27(33)29(28(24)36)38-19-22-7-3-1-4-8-22;1-32-25(31)22-24(33-16-18-5-3-2-4-6-18)23(30)20(15-27(22)13-14-28)21(29)12-9-17-7-10-19(26)11-8-17;8-6-7(9)4-2-1-3-5-7;/h2*1,3-4,7-10,12-13,17,26H,2,5-6,11,14-16,18-20H2;2-8,10-11,14-15H,9,12-13,16H2,1H3;9H,1-6,8H2;1H3/q;;;;-1. The number of aryl methyl sites for hydroxylation is 3. The SMILES string of the molecule is COC(=O)c1c(OCc2ccccc2)c(=O)c(C(=O)CCc2ccc(F)cc2)cn1CC=O.NCC1(O)CCCCC1.O=C(CCc1ccc(F)cc1)c1cn2c(c(OCc3ccccc3)c1=O)C(=O)N1CC3(CCCCC3)OC1C2.O=C(CCc1ccc(F)cc1)c1cn2c(c(OCc3ccccc3)c1=O)C(=O)N1CC3(CCCCC3)OC1C2.[CH3-]. The molecule has 636 valence electrons. The summed E-state index contributed by atoms with van der Waals surface area (Å²) >= 11 is 0. The summed E-state index contributed by atoms with van der Waals surface area (Å²) in [4.78, 5) is 135. The number of rotatable bonds is 25. The van der Waals surface area contributed by atoms with Crippen molar-refractivity contribution in [1.82, 2.24) is 23.5 Å². The van der Waals surface area contributed by atoms with Gasteiger partial charge in [0.05, 0.1) is 73.3 Å². The second kappa shape index (κ2) is 40.6. The molecule has 2 saturated heterocycles. The zero-order valence-corrected chi connectivity index (χ0v) is 68.2. The molecule has 6 aromatic carbocycles. The maximum atomic E-state index is 13.8. The molecule has 26 heteroatoms. The van der Waals surface area contributed by atoms with Crippen LogP contribution in [0.5, 0.6) is 17.2 Å². The monoisotopic (exact) mass is 1660 g/mol.